The molecule has 2 aliphatic carbocycles. The van der Waals surface area contributed by atoms with Crippen LogP contribution in [0.15, 0.2) is 12.1 Å². The van der Waals surface area contributed by atoms with Gasteiger partial charge in [-0.2, -0.15) is 8.42 Å². The lowest BCUT2D eigenvalue weighted by atomic mass is 10.1. The number of halogens is 1. The van der Waals surface area contributed by atoms with Gasteiger partial charge in [0, 0.05) is 12.0 Å². The third-order valence-corrected chi connectivity index (χ3v) is 7.52. The van der Waals surface area contributed by atoms with E-state index in [9.17, 15) is 31.1 Å². The predicted molar refractivity (Wildman–Crippen MR) is 101 cm³/mol. The predicted octanol–water partition coefficient (Wildman–Crippen LogP) is -0.362. The van der Waals surface area contributed by atoms with E-state index in [4.69, 9.17) is 0 Å². The molecular weight excluding hydrogens is 425 g/mol. The van der Waals surface area contributed by atoms with Crippen molar-refractivity contribution in [2.45, 2.75) is 18.9 Å². The molecule has 1 amide bonds. The fourth-order valence-corrected chi connectivity index (χ4v) is 6.19. The summed E-state index contributed by atoms with van der Waals surface area (Å²) < 4.78 is 66.5. The minimum Gasteiger partial charge on any atom is -0.506 e. The van der Waals surface area contributed by atoms with E-state index in [2.05, 4.69) is 16.6 Å². The van der Waals surface area contributed by atoms with Gasteiger partial charge in [-0.3, -0.25) is 4.79 Å². The zero-order chi connectivity index (χ0) is 21.1. The number of nitrogens with one attached hydrogen (secondary N) is 2. The lowest BCUT2D eigenvalue weighted by Gasteiger charge is -2.17. The molecule has 12 heteroatoms. The summed E-state index contributed by atoms with van der Waals surface area (Å²) in [7, 11) is -7.61. The second-order valence-corrected chi connectivity index (χ2v) is 10.8. The molecule has 3 N–H and O–H groups in total. The molecule has 0 unspecified atom stereocenters. The first kappa shape index (κ1) is 19.9. The van der Waals surface area contributed by atoms with Gasteiger partial charge in [0.15, 0.2) is 5.82 Å². The van der Waals surface area contributed by atoms with Crippen LogP contribution in [0.25, 0.3) is 0 Å². The zero-order valence-electron chi connectivity index (χ0n) is 15.2. The molecule has 156 valence electrons. The molecule has 3 aliphatic rings. The van der Waals surface area contributed by atoms with Gasteiger partial charge in [-0.15, -0.1) is 0 Å². The molecule has 9 nitrogen and oxygen atoms in total. The molecule has 3 fully saturated rings. The number of sulfonamides is 1. The van der Waals surface area contributed by atoms with Crippen LogP contribution in [-0.2, 0) is 25.0 Å². The molecule has 29 heavy (non-hydrogen) atoms. The quantitative estimate of drug-likeness (QED) is 0.547. The lowest BCUT2D eigenvalue weighted by Crippen LogP contribution is -2.34. The number of benzene rings is 1. The highest BCUT2D eigenvalue weighted by atomic mass is 32.2. The lowest BCUT2D eigenvalue weighted by molar-refractivity contribution is -0.117. The second-order valence-electron chi connectivity index (χ2n) is 7.44. The molecule has 0 radical (unpaired) electrons. The number of phenols is 1. The summed E-state index contributed by atoms with van der Waals surface area (Å²) in [6.45, 7) is -0.644. The van der Waals surface area contributed by atoms with Gasteiger partial charge in [-0.25, -0.2) is 26.6 Å². The van der Waals surface area contributed by atoms with Crippen molar-refractivity contribution in [2.75, 3.05) is 17.1 Å². The molecule has 1 aromatic rings. The third-order valence-electron chi connectivity index (χ3n) is 5.41. The maximum Gasteiger partial charge on any atom is 0.326 e. The number of hydrogen-bond acceptors (Lipinski definition) is 6. The number of amides is 1. The van der Waals surface area contributed by atoms with Crippen LogP contribution in [0.5, 0.6) is 5.75 Å². The van der Waals surface area contributed by atoms with E-state index in [0.717, 1.165) is 25.2 Å². The molecule has 1 saturated heterocycles. The van der Waals surface area contributed by atoms with Crippen molar-refractivity contribution in [3.05, 3.63) is 23.5 Å². The average Bonchev–Trinajstić information content (AvgIpc) is 3.01. The highest BCUT2D eigenvalue weighted by Gasteiger charge is 2.57. The maximum atomic E-state index is 14.9. The summed E-state index contributed by atoms with van der Waals surface area (Å²) in [5, 5.41) is 9.96. The van der Waals surface area contributed by atoms with E-state index < -0.39 is 49.9 Å². The van der Waals surface area contributed by atoms with E-state index in [0.29, 0.717) is 4.31 Å². The summed E-state index contributed by atoms with van der Waals surface area (Å²) in [5.74, 6) is 3.32. The average molecular weight is 443 g/mol. The number of fused-ring (bicyclic) bond motifs is 1. The van der Waals surface area contributed by atoms with Crippen molar-refractivity contribution >= 4 is 31.8 Å². The Morgan fingerprint density at radius 1 is 1.34 bits per heavy atom. The summed E-state index contributed by atoms with van der Waals surface area (Å²) in [6.07, 6.45) is 2.65. The summed E-state index contributed by atoms with van der Waals surface area (Å²) >= 11 is 0. The van der Waals surface area contributed by atoms with Crippen LogP contribution < -0.4 is 13.7 Å². The zero-order valence-corrected chi connectivity index (χ0v) is 16.8. The molecule has 2 saturated carbocycles. The Balaban J connectivity index is 1.59. The minimum atomic E-state index is -4.29. The van der Waals surface area contributed by atoms with Crippen LogP contribution in [-0.4, -0.2) is 46.7 Å². The third kappa shape index (κ3) is 3.65. The number of nitrogens with zero attached hydrogens (tertiary/aromatic N) is 1. The van der Waals surface area contributed by atoms with Crippen molar-refractivity contribution < 1.29 is 31.1 Å². The number of carbonyl (C=O) groups is 1. The second kappa shape index (κ2) is 6.58. The van der Waals surface area contributed by atoms with Gasteiger partial charge < -0.3 is 5.11 Å². The fraction of sp³-hybridized carbons (Fsp3) is 0.471. The largest absolute Gasteiger partial charge is 0.506 e. The monoisotopic (exact) mass is 443 g/mol. The van der Waals surface area contributed by atoms with Gasteiger partial charge in [0.2, 0.25) is 10.0 Å². The van der Waals surface area contributed by atoms with Crippen LogP contribution in [0.2, 0.25) is 0 Å². The first-order chi connectivity index (χ1) is 13.5. The topological polar surface area (TPSA) is 133 Å². The van der Waals surface area contributed by atoms with Crippen molar-refractivity contribution in [2.24, 2.45) is 17.8 Å². The Bertz CT molecular complexity index is 1170. The highest BCUT2D eigenvalue weighted by molar-refractivity contribution is 7.92. The fourth-order valence-electron chi connectivity index (χ4n) is 4.20. The molecule has 1 aliphatic heterocycles. The number of anilines is 1. The Hall–Kier alpha value is -2.36. The van der Waals surface area contributed by atoms with Crippen LogP contribution in [0.3, 0.4) is 0 Å². The van der Waals surface area contributed by atoms with E-state index in [-0.39, 0.29) is 29.4 Å². The Labute approximate surface area is 167 Å². The van der Waals surface area contributed by atoms with E-state index in [1.165, 1.54) is 6.07 Å². The van der Waals surface area contributed by atoms with Crippen LogP contribution in [0.4, 0.5) is 10.1 Å². The van der Waals surface area contributed by atoms with Gasteiger partial charge in [0.05, 0.1) is 11.8 Å². The van der Waals surface area contributed by atoms with Crippen molar-refractivity contribution in [3.8, 4) is 17.6 Å². The smallest absolute Gasteiger partial charge is 0.326 e. The molecule has 0 bridgehead atoms. The number of phenolic OH excluding ortho intramolecular Hbond substituents is 1. The van der Waals surface area contributed by atoms with Gasteiger partial charge in [0.25, 0.3) is 5.91 Å². The standard InChI is InChI=1S/C17H18FN3O6S2/c1-28(24,25)19-12-6-5-11-10(15(11)12)4-2-9-3-7-13(22)17(16(9)18)21-8-14(23)20-29(21,26)27/h3,7,10-12,15,19,22H,5-6,8H2,1H3,(H,20,23)/t10-,11-,12-,15+/m1/s1. The molecule has 1 aromatic carbocycles. The summed E-state index contributed by atoms with van der Waals surface area (Å²) in [5.41, 5.74) is -0.757. The van der Waals surface area contributed by atoms with Gasteiger partial charge in [-0.05, 0) is 36.8 Å². The molecule has 4 rings (SSSR count). The minimum absolute atomic E-state index is 0.0673. The van der Waals surface area contributed by atoms with Gasteiger partial charge in [-0.1, -0.05) is 11.8 Å². The normalized spacial score (nSPS) is 29.7. The number of carbonyl (C=O) groups excluding carboxylic acids is 1. The van der Waals surface area contributed by atoms with Gasteiger partial charge >= 0.3 is 10.2 Å². The maximum absolute atomic E-state index is 14.9. The Kier molecular flexibility index (Phi) is 4.52. The number of aromatic hydroxyl groups is 1. The SMILES string of the molecule is CS(=O)(=O)N[C@@H]1CC[C@@H]2[C@@H](C#Cc3ccc(O)c(N4CC(=O)NS4(=O)=O)c3F)[C@@H]21. The van der Waals surface area contributed by atoms with Crippen molar-refractivity contribution in [1.82, 2.24) is 9.44 Å². The Morgan fingerprint density at radius 3 is 2.69 bits per heavy atom. The summed E-state index contributed by atoms with van der Waals surface area (Å²) in [6, 6.07) is 2.15. The molecule has 0 spiro atoms. The number of rotatable bonds is 3. The van der Waals surface area contributed by atoms with E-state index >= 15 is 0 Å². The highest BCUT2D eigenvalue weighted by Crippen LogP contribution is 2.57. The first-order valence-electron chi connectivity index (χ1n) is 8.81. The molecule has 0 aromatic heterocycles. The molecule has 1 heterocycles. The van der Waals surface area contributed by atoms with Gasteiger partial charge in [0.1, 0.15) is 18.0 Å². The first-order valence-corrected chi connectivity index (χ1v) is 12.1. The van der Waals surface area contributed by atoms with Crippen LogP contribution in [0.1, 0.15) is 18.4 Å². The summed E-state index contributed by atoms with van der Waals surface area (Å²) in [4.78, 5) is 11.4. The van der Waals surface area contributed by atoms with E-state index in [1.54, 1.807) is 4.72 Å². The Morgan fingerprint density at radius 2 is 2.07 bits per heavy atom. The molecular formula is C17H18FN3O6S2. The number of hydrogen-bond donors (Lipinski definition) is 3. The van der Waals surface area contributed by atoms with Crippen LogP contribution >= 0.6 is 0 Å². The molecule has 4 atom stereocenters. The van der Waals surface area contributed by atoms with Crippen molar-refractivity contribution in [3.63, 3.8) is 0 Å². The van der Waals surface area contributed by atoms with E-state index in [1.807, 2.05) is 0 Å². The van der Waals surface area contributed by atoms with Crippen molar-refractivity contribution in [1.29, 1.82) is 0 Å². The van der Waals surface area contributed by atoms with Crippen LogP contribution in [0, 0.1) is 35.4 Å².